The molecule has 140 valence electrons. The van der Waals surface area contributed by atoms with Crippen molar-refractivity contribution < 1.29 is 4.21 Å². The van der Waals surface area contributed by atoms with Gasteiger partial charge in [0.05, 0.1) is 22.9 Å². The van der Waals surface area contributed by atoms with Crippen LogP contribution in [0, 0.1) is 18.8 Å². The monoisotopic (exact) mass is 375 g/mol. The number of aromatic nitrogens is 4. The number of fused-ring (bicyclic) bond motifs is 1. The lowest BCUT2D eigenvalue weighted by Crippen LogP contribution is -2.26. The smallest absolute Gasteiger partial charge is 0.229 e. The Hall–Kier alpha value is -2.00. The normalized spacial score (nSPS) is 26.7. The molecule has 2 N–H and O–H groups in total. The molecule has 8 nitrogen and oxygen atoms in total. The van der Waals surface area contributed by atoms with Gasteiger partial charge in [0, 0.05) is 50.4 Å². The summed E-state index contributed by atoms with van der Waals surface area (Å²) in [7, 11) is 1.03. The van der Waals surface area contributed by atoms with Gasteiger partial charge in [0.1, 0.15) is 5.82 Å². The van der Waals surface area contributed by atoms with Crippen LogP contribution in [0.5, 0.6) is 0 Å². The fourth-order valence-corrected chi connectivity index (χ4v) is 4.84. The standard InChI is InChI=1S/C17H25N7OS/c1-11-6-18-17(21-15-7-19-23(2)10-15)22-16(11)20-14-4-12-8-24(26(3)25)9-13(12)5-14/h6-7,10,12-14H,4-5,8-9H2,1-3H3,(H2,18,20,21,22). The Bertz CT molecular complexity index is 809. The maximum absolute atomic E-state index is 11.7. The SMILES string of the molecule is Cc1cnc(Nc2cnn(C)c2)nc1NC1CC2CN(S(C)=O)CC2C1. The molecule has 2 fully saturated rings. The molecule has 3 atom stereocenters. The lowest BCUT2D eigenvalue weighted by Gasteiger charge is -2.19. The van der Waals surface area contributed by atoms with Crippen molar-refractivity contribution >= 4 is 28.4 Å². The zero-order chi connectivity index (χ0) is 18.3. The third-order valence-electron chi connectivity index (χ3n) is 5.35. The van der Waals surface area contributed by atoms with Crippen LogP contribution in [-0.2, 0) is 18.0 Å². The largest absolute Gasteiger partial charge is 0.367 e. The van der Waals surface area contributed by atoms with Crippen molar-refractivity contribution in [1.29, 1.82) is 0 Å². The van der Waals surface area contributed by atoms with Crippen molar-refractivity contribution in [2.45, 2.75) is 25.8 Å². The number of nitrogens with one attached hydrogen (secondary N) is 2. The van der Waals surface area contributed by atoms with Gasteiger partial charge in [-0.25, -0.2) is 13.5 Å². The van der Waals surface area contributed by atoms with Gasteiger partial charge in [-0.3, -0.25) is 4.68 Å². The summed E-state index contributed by atoms with van der Waals surface area (Å²) in [5, 5.41) is 10.9. The second kappa shape index (κ2) is 6.96. The fourth-order valence-electron chi connectivity index (χ4n) is 4.04. The maximum Gasteiger partial charge on any atom is 0.229 e. The first kappa shape index (κ1) is 17.4. The average molecular weight is 376 g/mol. The predicted molar refractivity (Wildman–Crippen MR) is 103 cm³/mol. The summed E-state index contributed by atoms with van der Waals surface area (Å²) in [6.45, 7) is 3.92. The Morgan fingerprint density at radius 1 is 1.23 bits per heavy atom. The van der Waals surface area contributed by atoms with E-state index in [-0.39, 0.29) is 0 Å². The Kier molecular flexibility index (Phi) is 4.66. The van der Waals surface area contributed by atoms with Crippen LogP contribution in [-0.4, -0.2) is 53.6 Å². The van der Waals surface area contributed by atoms with Gasteiger partial charge in [-0.15, -0.1) is 0 Å². The molecule has 0 spiro atoms. The molecule has 2 aromatic rings. The van der Waals surface area contributed by atoms with Gasteiger partial charge in [-0.1, -0.05) is 0 Å². The molecule has 4 rings (SSSR count). The molecular formula is C17H25N7OS. The molecule has 2 aliphatic rings. The van der Waals surface area contributed by atoms with E-state index >= 15 is 0 Å². The second-order valence-corrected chi connectivity index (χ2v) is 8.72. The first-order chi connectivity index (χ1) is 12.5. The number of hydrogen-bond donors (Lipinski definition) is 2. The van der Waals surface area contributed by atoms with Crippen molar-refractivity contribution in [3.63, 3.8) is 0 Å². The zero-order valence-electron chi connectivity index (χ0n) is 15.3. The lowest BCUT2D eigenvalue weighted by molar-refractivity contribution is 0.479. The van der Waals surface area contributed by atoms with E-state index in [1.54, 1.807) is 17.1 Å². The van der Waals surface area contributed by atoms with E-state index < -0.39 is 11.0 Å². The number of aryl methyl sites for hydroxylation is 2. The Labute approximate surface area is 156 Å². The van der Waals surface area contributed by atoms with Crippen LogP contribution in [0.15, 0.2) is 18.6 Å². The summed E-state index contributed by atoms with van der Waals surface area (Å²) in [5.74, 6) is 2.71. The summed E-state index contributed by atoms with van der Waals surface area (Å²) >= 11 is 0. The number of anilines is 3. The molecule has 3 unspecified atom stereocenters. The van der Waals surface area contributed by atoms with E-state index in [2.05, 4.69) is 30.0 Å². The molecular weight excluding hydrogens is 350 g/mol. The molecule has 0 amide bonds. The van der Waals surface area contributed by atoms with Crippen molar-refractivity contribution in [2.75, 3.05) is 30.0 Å². The minimum atomic E-state index is -0.847. The summed E-state index contributed by atoms with van der Waals surface area (Å²) in [6.07, 6.45) is 9.46. The van der Waals surface area contributed by atoms with E-state index in [0.717, 1.165) is 43.0 Å². The van der Waals surface area contributed by atoms with Gasteiger partial charge < -0.3 is 10.6 Å². The van der Waals surface area contributed by atoms with Crippen LogP contribution in [0.4, 0.5) is 17.5 Å². The molecule has 1 aliphatic carbocycles. The predicted octanol–water partition coefficient (Wildman–Crippen LogP) is 1.68. The highest BCUT2D eigenvalue weighted by Gasteiger charge is 2.42. The van der Waals surface area contributed by atoms with Gasteiger partial charge in [0.25, 0.3) is 0 Å². The lowest BCUT2D eigenvalue weighted by atomic mass is 10.0. The number of nitrogens with zero attached hydrogens (tertiary/aromatic N) is 5. The minimum Gasteiger partial charge on any atom is -0.367 e. The topological polar surface area (TPSA) is 88.0 Å². The molecule has 26 heavy (non-hydrogen) atoms. The van der Waals surface area contributed by atoms with E-state index in [0.29, 0.717) is 23.8 Å². The number of rotatable bonds is 5. The van der Waals surface area contributed by atoms with Crippen LogP contribution < -0.4 is 10.6 Å². The van der Waals surface area contributed by atoms with Gasteiger partial charge in [-0.2, -0.15) is 10.1 Å². The fraction of sp³-hybridized carbons (Fsp3) is 0.588. The molecule has 9 heteroatoms. The molecule has 1 aliphatic heterocycles. The van der Waals surface area contributed by atoms with Gasteiger partial charge in [0.15, 0.2) is 0 Å². The minimum absolute atomic E-state index is 0.414. The number of hydrogen-bond acceptors (Lipinski definition) is 6. The van der Waals surface area contributed by atoms with Crippen molar-refractivity contribution in [2.24, 2.45) is 18.9 Å². The highest BCUT2D eigenvalue weighted by Crippen LogP contribution is 2.39. The highest BCUT2D eigenvalue weighted by atomic mass is 32.2. The van der Waals surface area contributed by atoms with Crippen LogP contribution in [0.3, 0.4) is 0 Å². The van der Waals surface area contributed by atoms with Crippen molar-refractivity contribution in [3.8, 4) is 0 Å². The third kappa shape index (κ3) is 3.59. The summed E-state index contributed by atoms with van der Waals surface area (Å²) in [5.41, 5.74) is 1.90. The first-order valence-corrected chi connectivity index (χ1v) is 10.4. The zero-order valence-corrected chi connectivity index (χ0v) is 16.2. The molecule has 0 bridgehead atoms. The Balaban J connectivity index is 1.41. The second-order valence-electron chi connectivity index (χ2n) is 7.36. The highest BCUT2D eigenvalue weighted by molar-refractivity contribution is 7.81. The van der Waals surface area contributed by atoms with E-state index in [9.17, 15) is 4.21 Å². The van der Waals surface area contributed by atoms with E-state index in [1.807, 2.05) is 26.4 Å². The van der Waals surface area contributed by atoms with Crippen LogP contribution in [0.25, 0.3) is 0 Å². The van der Waals surface area contributed by atoms with E-state index in [4.69, 9.17) is 0 Å². The van der Waals surface area contributed by atoms with Crippen LogP contribution in [0.2, 0.25) is 0 Å². The Morgan fingerprint density at radius 2 is 1.96 bits per heavy atom. The Morgan fingerprint density at radius 3 is 2.58 bits per heavy atom. The van der Waals surface area contributed by atoms with Crippen molar-refractivity contribution in [1.82, 2.24) is 24.1 Å². The molecule has 0 aromatic carbocycles. The molecule has 3 heterocycles. The van der Waals surface area contributed by atoms with Gasteiger partial charge in [-0.05, 0) is 31.6 Å². The maximum atomic E-state index is 11.7. The third-order valence-corrected chi connectivity index (χ3v) is 6.38. The summed E-state index contributed by atoms with van der Waals surface area (Å²) in [4.78, 5) is 9.01. The summed E-state index contributed by atoms with van der Waals surface area (Å²) < 4.78 is 15.5. The summed E-state index contributed by atoms with van der Waals surface area (Å²) in [6, 6.07) is 0.414. The van der Waals surface area contributed by atoms with E-state index in [1.165, 1.54) is 0 Å². The molecule has 1 saturated carbocycles. The van der Waals surface area contributed by atoms with Gasteiger partial charge >= 0.3 is 0 Å². The quantitative estimate of drug-likeness (QED) is 0.827. The van der Waals surface area contributed by atoms with Crippen LogP contribution in [0.1, 0.15) is 18.4 Å². The molecule has 0 radical (unpaired) electrons. The average Bonchev–Trinajstić information content (AvgIpc) is 3.25. The molecule has 1 saturated heterocycles. The molecule has 2 aromatic heterocycles. The van der Waals surface area contributed by atoms with Crippen molar-refractivity contribution in [3.05, 3.63) is 24.2 Å². The first-order valence-electron chi connectivity index (χ1n) is 8.92. The van der Waals surface area contributed by atoms with Crippen LogP contribution >= 0.6 is 0 Å². The van der Waals surface area contributed by atoms with Gasteiger partial charge in [0.2, 0.25) is 5.95 Å².